The third-order valence-electron chi connectivity index (χ3n) is 2.31. The van der Waals surface area contributed by atoms with Gasteiger partial charge in [-0.1, -0.05) is 15.9 Å². The fourth-order valence-corrected chi connectivity index (χ4v) is 1.90. The maximum Gasteiger partial charge on any atom is 0.243 e. The van der Waals surface area contributed by atoms with Crippen LogP contribution < -0.4 is 10.5 Å². The molecule has 0 fully saturated rings. The first-order chi connectivity index (χ1) is 8.63. The topological polar surface area (TPSA) is 78.1 Å². The third-order valence-corrected chi connectivity index (χ3v) is 3.00. The molecule has 1 aromatic carbocycles. The van der Waals surface area contributed by atoms with Gasteiger partial charge in [0.1, 0.15) is 0 Å². The van der Waals surface area contributed by atoms with Crippen LogP contribution in [-0.4, -0.2) is 22.9 Å². The number of hydrogen-bond donors (Lipinski definition) is 1. The summed E-state index contributed by atoms with van der Waals surface area (Å²) in [6.07, 6.45) is 2.90. The molecule has 0 spiro atoms. The van der Waals surface area contributed by atoms with E-state index in [1.807, 2.05) is 0 Å². The zero-order valence-corrected chi connectivity index (χ0v) is 11.1. The first-order valence-corrected chi connectivity index (χ1v) is 5.87. The van der Waals surface area contributed by atoms with Gasteiger partial charge in [-0.05, 0) is 18.2 Å². The van der Waals surface area contributed by atoms with Gasteiger partial charge in [-0.3, -0.25) is 4.79 Å². The molecule has 0 atom stereocenters. The predicted molar refractivity (Wildman–Crippen MR) is 70.6 cm³/mol. The number of halogens is 1. The number of carbonyl (C=O) groups is 1. The second kappa shape index (κ2) is 5.14. The monoisotopic (exact) mass is 307 g/mol. The summed E-state index contributed by atoms with van der Waals surface area (Å²) in [6, 6.07) is 5.00. The fourth-order valence-electron chi connectivity index (χ4n) is 1.47. The van der Waals surface area contributed by atoms with E-state index in [1.165, 1.54) is 19.5 Å². The van der Waals surface area contributed by atoms with Gasteiger partial charge in [0.15, 0.2) is 5.69 Å². The Morgan fingerprint density at radius 2 is 2.06 bits per heavy atom. The standard InChI is InChI=1S/C12H10BrN3O2/c1-18-12-10(15-4-5-16-12)11(17)8-6-7(14)2-3-9(8)13/h2-6H,14H2,1H3. The Balaban J connectivity index is 2.51. The largest absolute Gasteiger partial charge is 0.479 e. The average Bonchev–Trinajstić information content (AvgIpc) is 2.40. The number of hydrogen-bond acceptors (Lipinski definition) is 5. The van der Waals surface area contributed by atoms with E-state index < -0.39 is 0 Å². The lowest BCUT2D eigenvalue weighted by atomic mass is 10.1. The third kappa shape index (κ3) is 2.33. The van der Waals surface area contributed by atoms with Gasteiger partial charge in [-0.2, -0.15) is 0 Å². The molecule has 0 amide bonds. The highest BCUT2D eigenvalue weighted by atomic mass is 79.9. The van der Waals surface area contributed by atoms with E-state index in [4.69, 9.17) is 10.5 Å². The van der Waals surface area contributed by atoms with Gasteiger partial charge in [-0.15, -0.1) is 0 Å². The van der Waals surface area contributed by atoms with E-state index in [2.05, 4.69) is 25.9 Å². The Morgan fingerprint density at radius 3 is 2.78 bits per heavy atom. The number of carbonyl (C=O) groups excluding carboxylic acids is 1. The molecule has 6 heteroatoms. The van der Waals surface area contributed by atoms with Crippen LogP contribution in [0.2, 0.25) is 0 Å². The lowest BCUT2D eigenvalue weighted by Crippen LogP contribution is -2.09. The Hall–Kier alpha value is -1.95. The lowest BCUT2D eigenvalue weighted by molar-refractivity contribution is 0.102. The summed E-state index contributed by atoms with van der Waals surface area (Å²) in [5, 5.41) is 0. The predicted octanol–water partition coefficient (Wildman–Crippen LogP) is 2.06. The smallest absolute Gasteiger partial charge is 0.243 e. The molecule has 0 radical (unpaired) electrons. The van der Waals surface area contributed by atoms with Crippen molar-refractivity contribution in [2.45, 2.75) is 0 Å². The highest BCUT2D eigenvalue weighted by molar-refractivity contribution is 9.10. The van der Waals surface area contributed by atoms with E-state index in [0.29, 0.717) is 15.7 Å². The van der Waals surface area contributed by atoms with Gasteiger partial charge in [0.25, 0.3) is 0 Å². The van der Waals surface area contributed by atoms with Crippen LogP contribution >= 0.6 is 15.9 Å². The molecule has 0 bridgehead atoms. The van der Waals surface area contributed by atoms with Crippen molar-refractivity contribution in [2.75, 3.05) is 12.8 Å². The number of anilines is 1. The molecule has 0 saturated carbocycles. The molecule has 0 aliphatic heterocycles. The summed E-state index contributed by atoms with van der Waals surface area (Å²) in [4.78, 5) is 20.3. The molecule has 1 heterocycles. The number of benzene rings is 1. The summed E-state index contributed by atoms with van der Waals surface area (Å²) in [5.74, 6) is -0.101. The lowest BCUT2D eigenvalue weighted by Gasteiger charge is -2.07. The van der Waals surface area contributed by atoms with Crippen molar-refractivity contribution >= 4 is 27.4 Å². The number of rotatable bonds is 3. The zero-order chi connectivity index (χ0) is 13.1. The highest BCUT2D eigenvalue weighted by Gasteiger charge is 2.19. The molecule has 2 aromatic rings. The SMILES string of the molecule is COc1nccnc1C(=O)c1cc(N)ccc1Br. The normalized spacial score (nSPS) is 10.1. The zero-order valence-electron chi connectivity index (χ0n) is 9.55. The number of nitrogens with zero attached hydrogens (tertiary/aromatic N) is 2. The molecular weight excluding hydrogens is 298 g/mol. The molecule has 5 nitrogen and oxygen atoms in total. The number of ketones is 1. The van der Waals surface area contributed by atoms with Crippen molar-refractivity contribution in [1.29, 1.82) is 0 Å². The molecule has 0 aliphatic rings. The first kappa shape index (κ1) is 12.5. The summed E-state index contributed by atoms with van der Waals surface area (Å²) < 4.78 is 5.66. The van der Waals surface area contributed by atoms with Gasteiger partial charge >= 0.3 is 0 Å². The number of methoxy groups -OCH3 is 1. The van der Waals surface area contributed by atoms with Crippen LogP contribution in [-0.2, 0) is 0 Å². The molecule has 1 aromatic heterocycles. The van der Waals surface area contributed by atoms with Crippen LogP contribution in [0.15, 0.2) is 35.1 Å². The minimum atomic E-state index is -0.292. The van der Waals surface area contributed by atoms with Crippen molar-refractivity contribution < 1.29 is 9.53 Å². The molecule has 18 heavy (non-hydrogen) atoms. The van der Waals surface area contributed by atoms with Gasteiger partial charge in [0.05, 0.1) is 7.11 Å². The molecule has 0 aliphatic carbocycles. The van der Waals surface area contributed by atoms with Crippen LogP contribution in [0, 0.1) is 0 Å². The average molecular weight is 308 g/mol. The minimum Gasteiger partial charge on any atom is -0.479 e. The quantitative estimate of drug-likeness (QED) is 0.693. The van der Waals surface area contributed by atoms with E-state index in [-0.39, 0.29) is 17.4 Å². The number of aromatic nitrogens is 2. The molecule has 0 saturated heterocycles. The van der Waals surface area contributed by atoms with E-state index in [1.54, 1.807) is 18.2 Å². The number of nitrogens with two attached hydrogens (primary N) is 1. The van der Waals surface area contributed by atoms with Crippen molar-refractivity contribution in [3.8, 4) is 5.88 Å². The van der Waals surface area contributed by atoms with Crippen LogP contribution in [0.1, 0.15) is 16.1 Å². The number of ether oxygens (including phenoxy) is 1. The van der Waals surface area contributed by atoms with E-state index in [0.717, 1.165) is 0 Å². The maximum absolute atomic E-state index is 12.3. The van der Waals surface area contributed by atoms with Gasteiger partial charge in [0.2, 0.25) is 11.7 Å². The number of nitrogen functional groups attached to an aromatic ring is 1. The Morgan fingerprint density at radius 1 is 1.33 bits per heavy atom. The van der Waals surface area contributed by atoms with Gasteiger partial charge < -0.3 is 10.5 Å². The molecule has 0 unspecified atom stereocenters. The molecule has 92 valence electrons. The van der Waals surface area contributed by atoms with Gasteiger partial charge in [0, 0.05) is 28.1 Å². The summed E-state index contributed by atoms with van der Waals surface area (Å²) in [7, 11) is 1.44. The van der Waals surface area contributed by atoms with Crippen molar-refractivity contribution in [3.05, 3.63) is 46.3 Å². The van der Waals surface area contributed by atoms with Crippen LogP contribution in [0.3, 0.4) is 0 Å². The minimum absolute atomic E-state index is 0.159. The second-order valence-corrected chi connectivity index (χ2v) is 4.34. The molecular formula is C12H10BrN3O2. The Bertz CT molecular complexity index is 602. The molecule has 2 rings (SSSR count). The first-order valence-electron chi connectivity index (χ1n) is 5.08. The summed E-state index contributed by atoms with van der Waals surface area (Å²) in [5.41, 5.74) is 6.76. The van der Waals surface area contributed by atoms with Gasteiger partial charge in [-0.25, -0.2) is 9.97 Å². The highest BCUT2D eigenvalue weighted by Crippen LogP contribution is 2.24. The van der Waals surface area contributed by atoms with Crippen LogP contribution in [0.4, 0.5) is 5.69 Å². The summed E-state index contributed by atoms with van der Waals surface area (Å²) in [6.45, 7) is 0. The Kier molecular flexibility index (Phi) is 3.57. The second-order valence-electron chi connectivity index (χ2n) is 3.48. The maximum atomic E-state index is 12.3. The van der Waals surface area contributed by atoms with E-state index in [9.17, 15) is 4.79 Å². The molecule has 2 N–H and O–H groups in total. The van der Waals surface area contributed by atoms with Crippen molar-refractivity contribution in [3.63, 3.8) is 0 Å². The van der Waals surface area contributed by atoms with Crippen molar-refractivity contribution in [1.82, 2.24) is 9.97 Å². The van der Waals surface area contributed by atoms with Crippen molar-refractivity contribution in [2.24, 2.45) is 0 Å². The van der Waals surface area contributed by atoms with Crippen LogP contribution in [0.5, 0.6) is 5.88 Å². The Labute approximate surface area is 112 Å². The summed E-state index contributed by atoms with van der Waals surface area (Å²) >= 11 is 3.31. The van der Waals surface area contributed by atoms with Crippen LogP contribution in [0.25, 0.3) is 0 Å². The fraction of sp³-hybridized carbons (Fsp3) is 0.0833. The van der Waals surface area contributed by atoms with E-state index >= 15 is 0 Å².